The number of rotatable bonds is 6. The zero-order valence-electron chi connectivity index (χ0n) is 13.7. The lowest BCUT2D eigenvalue weighted by Gasteiger charge is -2.18. The highest BCUT2D eigenvalue weighted by molar-refractivity contribution is 6.33. The Morgan fingerprint density at radius 2 is 1.88 bits per heavy atom. The fourth-order valence-corrected chi connectivity index (χ4v) is 2.31. The van der Waals surface area contributed by atoms with Crippen LogP contribution in [0.3, 0.4) is 0 Å². The van der Waals surface area contributed by atoms with Crippen molar-refractivity contribution in [3.8, 4) is 0 Å². The van der Waals surface area contributed by atoms with E-state index in [1.54, 1.807) is 31.3 Å². The van der Waals surface area contributed by atoms with Crippen LogP contribution in [-0.2, 0) is 9.59 Å². The van der Waals surface area contributed by atoms with Crippen LogP contribution in [-0.4, -0.2) is 36.9 Å². The summed E-state index contributed by atoms with van der Waals surface area (Å²) in [5.74, 6) is -0.472. The minimum atomic E-state index is -0.297. The molecule has 2 amide bonds. The summed E-state index contributed by atoms with van der Waals surface area (Å²) in [5, 5.41) is 6.21. The first kappa shape index (κ1) is 17.8. The lowest BCUT2D eigenvalue weighted by molar-refractivity contribution is -0.131. The molecule has 0 atom stereocenters. The molecule has 0 saturated heterocycles. The Morgan fingerprint density at radius 1 is 1.12 bits per heavy atom. The van der Waals surface area contributed by atoms with Gasteiger partial charge in [0.15, 0.2) is 0 Å². The predicted molar refractivity (Wildman–Crippen MR) is 97.4 cm³/mol. The molecule has 0 spiro atoms. The molecule has 2 aromatic rings. The van der Waals surface area contributed by atoms with Crippen molar-refractivity contribution in [1.82, 2.24) is 4.90 Å². The molecule has 0 heterocycles. The Labute approximate surface area is 146 Å². The number of carbonyl (C=O) groups excluding carboxylic acids is 2. The molecule has 0 bridgehead atoms. The number of benzene rings is 2. The molecule has 0 aliphatic carbocycles. The first-order chi connectivity index (χ1) is 11.5. The molecule has 0 aliphatic rings. The van der Waals surface area contributed by atoms with Gasteiger partial charge in [0, 0.05) is 12.7 Å². The maximum atomic E-state index is 12.1. The van der Waals surface area contributed by atoms with Crippen molar-refractivity contribution in [2.45, 2.75) is 6.92 Å². The second kappa shape index (κ2) is 8.36. The molecule has 2 N–H and O–H groups in total. The number of halogens is 1. The molecule has 0 fully saturated rings. The van der Waals surface area contributed by atoms with Gasteiger partial charge in [-0.15, -0.1) is 0 Å². The van der Waals surface area contributed by atoms with Crippen LogP contribution in [0.4, 0.5) is 11.4 Å². The van der Waals surface area contributed by atoms with Crippen molar-refractivity contribution in [3.63, 3.8) is 0 Å². The lowest BCUT2D eigenvalue weighted by Crippen LogP contribution is -2.38. The van der Waals surface area contributed by atoms with Crippen molar-refractivity contribution in [2.75, 3.05) is 30.8 Å². The zero-order chi connectivity index (χ0) is 17.5. The average molecular weight is 346 g/mol. The fourth-order valence-electron chi connectivity index (χ4n) is 2.12. The number of para-hydroxylation sites is 1. The standard InChI is InChI=1S/C18H20ClN3O2/c1-13-6-5-7-14(10-13)20-11-18(24)22(2)12-17(23)21-16-9-4-3-8-15(16)19/h3-10,20H,11-12H2,1-2H3,(H,21,23). The lowest BCUT2D eigenvalue weighted by atomic mass is 10.2. The van der Waals surface area contributed by atoms with Gasteiger partial charge in [0.1, 0.15) is 0 Å². The van der Waals surface area contributed by atoms with E-state index in [2.05, 4.69) is 10.6 Å². The van der Waals surface area contributed by atoms with Crippen molar-refractivity contribution in [1.29, 1.82) is 0 Å². The highest BCUT2D eigenvalue weighted by Crippen LogP contribution is 2.20. The first-order valence-corrected chi connectivity index (χ1v) is 7.92. The number of aryl methyl sites for hydroxylation is 1. The summed E-state index contributed by atoms with van der Waals surface area (Å²) in [6.07, 6.45) is 0. The van der Waals surface area contributed by atoms with E-state index in [9.17, 15) is 9.59 Å². The molecule has 0 unspecified atom stereocenters. The predicted octanol–water partition coefficient (Wildman–Crippen LogP) is 3.16. The number of hydrogen-bond acceptors (Lipinski definition) is 3. The summed E-state index contributed by atoms with van der Waals surface area (Å²) in [6, 6.07) is 14.7. The fraction of sp³-hybridized carbons (Fsp3) is 0.222. The Bertz CT molecular complexity index is 734. The van der Waals surface area contributed by atoms with Crippen LogP contribution >= 0.6 is 11.6 Å². The number of hydrogen-bond donors (Lipinski definition) is 2. The Hall–Kier alpha value is -2.53. The molecule has 24 heavy (non-hydrogen) atoms. The number of nitrogens with one attached hydrogen (secondary N) is 2. The SMILES string of the molecule is Cc1cccc(NCC(=O)N(C)CC(=O)Nc2ccccc2Cl)c1. The third kappa shape index (κ3) is 5.28. The molecule has 5 nitrogen and oxygen atoms in total. The van der Waals surface area contributed by atoms with E-state index in [0.717, 1.165) is 11.3 Å². The van der Waals surface area contributed by atoms with Crippen LogP contribution in [0.15, 0.2) is 48.5 Å². The van der Waals surface area contributed by atoms with Gasteiger partial charge in [0.25, 0.3) is 0 Å². The summed E-state index contributed by atoms with van der Waals surface area (Å²) in [4.78, 5) is 25.5. The van der Waals surface area contributed by atoms with Crippen LogP contribution in [0.25, 0.3) is 0 Å². The van der Waals surface area contributed by atoms with Gasteiger partial charge in [0.2, 0.25) is 11.8 Å². The van der Waals surface area contributed by atoms with Gasteiger partial charge in [-0.1, -0.05) is 35.9 Å². The van der Waals surface area contributed by atoms with Gasteiger partial charge in [-0.3, -0.25) is 9.59 Å². The van der Waals surface area contributed by atoms with Gasteiger partial charge in [-0.05, 0) is 36.8 Å². The van der Waals surface area contributed by atoms with Gasteiger partial charge < -0.3 is 15.5 Å². The molecular formula is C18H20ClN3O2. The summed E-state index contributed by atoms with van der Waals surface area (Å²) < 4.78 is 0. The minimum Gasteiger partial charge on any atom is -0.376 e. The quantitative estimate of drug-likeness (QED) is 0.845. The maximum Gasteiger partial charge on any atom is 0.244 e. The van der Waals surface area contributed by atoms with E-state index in [0.29, 0.717) is 10.7 Å². The van der Waals surface area contributed by atoms with Gasteiger partial charge in [-0.25, -0.2) is 0 Å². The van der Waals surface area contributed by atoms with E-state index < -0.39 is 0 Å². The summed E-state index contributed by atoms with van der Waals surface area (Å²) in [6.45, 7) is 2.07. The van der Waals surface area contributed by atoms with Gasteiger partial charge >= 0.3 is 0 Å². The summed E-state index contributed by atoms with van der Waals surface area (Å²) >= 11 is 5.99. The summed E-state index contributed by atoms with van der Waals surface area (Å²) in [7, 11) is 1.59. The molecule has 0 aromatic heterocycles. The van der Waals surface area contributed by atoms with Crippen molar-refractivity contribution >= 4 is 34.8 Å². The van der Waals surface area contributed by atoms with Crippen molar-refractivity contribution < 1.29 is 9.59 Å². The molecule has 126 valence electrons. The van der Waals surface area contributed by atoms with Crippen LogP contribution in [0.1, 0.15) is 5.56 Å². The molecular weight excluding hydrogens is 326 g/mol. The molecule has 6 heteroatoms. The van der Waals surface area contributed by atoms with Crippen molar-refractivity contribution in [2.24, 2.45) is 0 Å². The van der Waals surface area contributed by atoms with E-state index in [1.807, 2.05) is 31.2 Å². The summed E-state index contributed by atoms with van der Waals surface area (Å²) in [5.41, 5.74) is 2.51. The molecule has 0 radical (unpaired) electrons. The first-order valence-electron chi connectivity index (χ1n) is 7.54. The average Bonchev–Trinajstić information content (AvgIpc) is 2.54. The minimum absolute atomic E-state index is 0.0421. The third-order valence-corrected chi connectivity index (χ3v) is 3.75. The Kier molecular flexibility index (Phi) is 6.21. The number of carbonyl (C=O) groups is 2. The largest absolute Gasteiger partial charge is 0.376 e. The number of anilines is 2. The van der Waals surface area contributed by atoms with Gasteiger partial charge in [-0.2, -0.15) is 0 Å². The number of amides is 2. The zero-order valence-corrected chi connectivity index (χ0v) is 14.4. The van der Waals surface area contributed by atoms with Crippen LogP contribution in [0.5, 0.6) is 0 Å². The molecule has 0 saturated carbocycles. The number of likely N-dealkylation sites (N-methyl/N-ethyl adjacent to an activating group) is 1. The molecule has 2 rings (SSSR count). The highest BCUT2D eigenvalue weighted by Gasteiger charge is 2.13. The second-order valence-corrected chi connectivity index (χ2v) is 5.91. The van der Waals surface area contributed by atoms with Crippen LogP contribution in [0.2, 0.25) is 5.02 Å². The van der Waals surface area contributed by atoms with E-state index in [-0.39, 0.29) is 24.9 Å². The normalized spacial score (nSPS) is 10.1. The van der Waals surface area contributed by atoms with Crippen molar-refractivity contribution in [3.05, 3.63) is 59.1 Å². The van der Waals surface area contributed by atoms with Gasteiger partial charge in [0.05, 0.1) is 23.8 Å². The highest BCUT2D eigenvalue weighted by atomic mass is 35.5. The Balaban J connectivity index is 1.82. The maximum absolute atomic E-state index is 12.1. The van der Waals surface area contributed by atoms with E-state index in [1.165, 1.54) is 4.90 Å². The van der Waals surface area contributed by atoms with E-state index in [4.69, 9.17) is 11.6 Å². The second-order valence-electron chi connectivity index (χ2n) is 5.50. The third-order valence-electron chi connectivity index (χ3n) is 3.42. The Morgan fingerprint density at radius 3 is 2.58 bits per heavy atom. The monoisotopic (exact) mass is 345 g/mol. The topological polar surface area (TPSA) is 61.4 Å². The molecule has 2 aromatic carbocycles. The number of nitrogens with zero attached hydrogens (tertiary/aromatic N) is 1. The van der Waals surface area contributed by atoms with Crippen LogP contribution < -0.4 is 10.6 Å². The van der Waals surface area contributed by atoms with Crippen LogP contribution in [0, 0.1) is 6.92 Å². The van der Waals surface area contributed by atoms with E-state index >= 15 is 0 Å². The molecule has 0 aliphatic heterocycles. The smallest absolute Gasteiger partial charge is 0.244 e.